The van der Waals surface area contributed by atoms with Gasteiger partial charge in [-0.2, -0.15) is 0 Å². The monoisotopic (exact) mass is 219 g/mol. The Morgan fingerprint density at radius 1 is 1.14 bits per heavy atom. The van der Waals surface area contributed by atoms with Crippen LogP contribution in [0.3, 0.4) is 0 Å². The number of carboxylic acid groups (broad SMARTS) is 1. The minimum absolute atomic E-state index is 0. The third kappa shape index (κ3) is 1.75. The van der Waals surface area contributed by atoms with Crippen LogP contribution in [0.15, 0.2) is 0 Å². The number of carboxylic acids is 1. The third-order valence-electron chi connectivity index (χ3n) is 3.86. The molecule has 0 aromatic heterocycles. The first-order valence-electron chi connectivity index (χ1n) is 5.09. The summed E-state index contributed by atoms with van der Waals surface area (Å²) < 4.78 is 0. The van der Waals surface area contributed by atoms with E-state index in [1.807, 2.05) is 0 Å². The van der Waals surface area contributed by atoms with Crippen molar-refractivity contribution in [1.82, 2.24) is 0 Å². The molecule has 1 unspecified atom stereocenters. The molecule has 0 aliphatic heterocycles. The molecule has 2 saturated carbocycles. The van der Waals surface area contributed by atoms with Gasteiger partial charge in [-0.25, -0.2) is 0 Å². The first-order valence-corrected chi connectivity index (χ1v) is 5.09. The Hall–Kier alpha value is -0.280. The third-order valence-corrected chi connectivity index (χ3v) is 3.86. The maximum absolute atomic E-state index is 11.0. The first kappa shape index (κ1) is 11.8. The Bertz CT molecular complexity index is 240. The van der Waals surface area contributed by atoms with E-state index in [4.69, 9.17) is 10.8 Å². The van der Waals surface area contributed by atoms with Crippen molar-refractivity contribution in [3.63, 3.8) is 0 Å². The molecule has 0 aromatic carbocycles. The van der Waals surface area contributed by atoms with E-state index in [-0.39, 0.29) is 12.4 Å². The Morgan fingerprint density at radius 3 is 2.07 bits per heavy atom. The molecule has 2 aliphatic carbocycles. The fraction of sp³-hybridized carbons (Fsp3) is 0.900. The van der Waals surface area contributed by atoms with Gasteiger partial charge >= 0.3 is 5.97 Å². The number of halogens is 1. The van der Waals surface area contributed by atoms with Crippen molar-refractivity contribution in [3.05, 3.63) is 0 Å². The van der Waals surface area contributed by atoms with E-state index in [1.54, 1.807) is 0 Å². The van der Waals surface area contributed by atoms with Gasteiger partial charge in [-0.1, -0.05) is 12.8 Å². The van der Waals surface area contributed by atoms with E-state index >= 15 is 0 Å². The van der Waals surface area contributed by atoms with Crippen LogP contribution in [0.2, 0.25) is 0 Å². The maximum atomic E-state index is 11.0. The fourth-order valence-electron chi connectivity index (χ4n) is 2.91. The number of hydrogen-bond donors (Lipinski definition) is 2. The number of aliphatic carboxylic acids is 1. The minimum atomic E-state index is -0.918. The zero-order valence-corrected chi connectivity index (χ0v) is 9.11. The molecule has 0 bridgehead atoms. The highest BCUT2D eigenvalue weighted by Crippen LogP contribution is 2.53. The molecule has 3 N–H and O–H groups in total. The molecule has 14 heavy (non-hydrogen) atoms. The highest BCUT2D eigenvalue weighted by Gasteiger charge is 2.49. The summed E-state index contributed by atoms with van der Waals surface area (Å²) in [4.78, 5) is 11.0. The Kier molecular flexibility index (Phi) is 3.12. The molecule has 2 fully saturated rings. The first-order chi connectivity index (χ1) is 6.06. The lowest BCUT2D eigenvalue weighted by Gasteiger charge is -2.50. The van der Waals surface area contributed by atoms with E-state index in [0.29, 0.717) is 18.3 Å². The lowest BCUT2D eigenvalue weighted by Crippen LogP contribution is -2.55. The molecule has 4 heteroatoms. The number of hydrogen-bond acceptors (Lipinski definition) is 2. The molecule has 3 nitrogen and oxygen atoms in total. The fourth-order valence-corrected chi connectivity index (χ4v) is 2.91. The molecule has 0 aromatic rings. The average molecular weight is 220 g/mol. The molecule has 0 saturated heterocycles. The van der Waals surface area contributed by atoms with Gasteiger partial charge in [0.2, 0.25) is 0 Å². The van der Waals surface area contributed by atoms with Crippen molar-refractivity contribution in [2.24, 2.45) is 11.1 Å². The normalized spacial score (nSPS) is 34.4. The highest BCUT2D eigenvalue weighted by atomic mass is 35.5. The van der Waals surface area contributed by atoms with Gasteiger partial charge in [0.05, 0.1) is 0 Å². The van der Waals surface area contributed by atoms with E-state index in [1.165, 1.54) is 25.7 Å². The molecule has 2 rings (SSSR count). The predicted molar refractivity (Wildman–Crippen MR) is 56.6 cm³/mol. The zero-order chi connectivity index (χ0) is 9.53. The summed E-state index contributed by atoms with van der Waals surface area (Å²) >= 11 is 0. The van der Waals surface area contributed by atoms with Crippen LogP contribution in [0.25, 0.3) is 0 Å². The highest BCUT2D eigenvalue weighted by molar-refractivity contribution is 5.85. The molecular formula is C10H18ClNO2. The summed E-state index contributed by atoms with van der Waals surface area (Å²) in [5, 5.41) is 9.02. The van der Waals surface area contributed by atoms with Crippen LogP contribution in [0, 0.1) is 5.41 Å². The molecule has 1 atom stereocenters. The quantitative estimate of drug-likeness (QED) is 0.709. The summed E-state index contributed by atoms with van der Waals surface area (Å²) in [6.07, 6.45) is 7.19. The number of rotatable bonds is 1. The summed E-state index contributed by atoms with van der Waals surface area (Å²) in [6, 6.07) is 0. The number of carbonyl (C=O) groups is 1. The molecule has 0 radical (unpaired) electrons. The topological polar surface area (TPSA) is 63.3 Å². The van der Waals surface area contributed by atoms with Gasteiger partial charge in [0.1, 0.15) is 5.54 Å². The smallest absolute Gasteiger partial charge is 0.323 e. The second kappa shape index (κ2) is 3.70. The van der Waals surface area contributed by atoms with Crippen LogP contribution in [0.1, 0.15) is 44.9 Å². The zero-order valence-electron chi connectivity index (χ0n) is 8.29. The lowest BCUT2D eigenvalue weighted by atomic mass is 9.56. The van der Waals surface area contributed by atoms with Gasteiger partial charge < -0.3 is 10.8 Å². The van der Waals surface area contributed by atoms with Crippen LogP contribution in [0.4, 0.5) is 0 Å². The van der Waals surface area contributed by atoms with Crippen LogP contribution in [-0.2, 0) is 4.79 Å². The van der Waals surface area contributed by atoms with Gasteiger partial charge in [-0.15, -0.1) is 12.4 Å². The standard InChI is InChI=1S/C10H17NO2.ClH/c11-10(8(12)13)6-2-5-9(7-10)3-1-4-9;/h1-7,11H2,(H,12,13);1H. The largest absolute Gasteiger partial charge is 0.480 e. The van der Waals surface area contributed by atoms with Crippen molar-refractivity contribution in [1.29, 1.82) is 0 Å². The number of nitrogens with two attached hydrogens (primary N) is 1. The minimum Gasteiger partial charge on any atom is -0.480 e. The average Bonchev–Trinajstić information content (AvgIpc) is 2.01. The maximum Gasteiger partial charge on any atom is 0.323 e. The van der Waals surface area contributed by atoms with Crippen molar-refractivity contribution < 1.29 is 9.90 Å². The van der Waals surface area contributed by atoms with Crippen molar-refractivity contribution in [3.8, 4) is 0 Å². The second-order valence-electron chi connectivity index (χ2n) is 4.85. The molecule has 2 aliphatic rings. The van der Waals surface area contributed by atoms with E-state index in [2.05, 4.69) is 0 Å². The molecule has 1 spiro atoms. The Labute approximate surface area is 90.5 Å². The van der Waals surface area contributed by atoms with Gasteiger partial charge in [0.15, 0.2) is 0 Å². The SMILES string of the molecule is Cl.NC1(C(=O)O)CCCC2(CCC2)C1. The van der Waals surface area contributed by atoms with Crippen LogP contribution in [0.5, 0.6) is 0 Å². The molecule has 0 heterocycles. The molecular weight excluding hydrogens is 202 g/mol. The molecule has 82 valence electrons. The van der Waals surface area contributed by atoms with Crippen molar-refractivity contribution >= 4 is 18.4 Å². The second-order valence-corrected chi connectivity index (χ2v) is 4.85. The van der Waals surface area contributed by atoms with Crippen molar-refractivity contribution in [2.45, 2.75) is 50.5 Å². The predicted octanol–water partition coefficient (Wildman–Crippen LogP) is 1.93. The summed E-state index contributed by atoms with van der Waals surface area (Å²) in [5.74, 6) is -0.807. The van der Waals surface area contributed by atoms with E-state index in [9.17, 15) is 4.79 Å². The summed E-state index contributed by atoms with van der Waals surface area (Å²) in [7, 11) is 0. The van der Waals surface area contributed by atoms with Gasteiger partial charge in [0, 0.05) is 0 Å². The summed E-state index contributed by atoms with van der Waals surface area (Å²) in [5.41, 5.74) is 5.28. The van der Waals surface area contributed by atoms with Crippen LogP contribution in [-0.4, -0.2) is 16.6 Å². The van der Waals surface area contributed by atoms with E-state index in [0.717, 1.165) is 6.42 Å². The van der Waals surface area contributed by atoms with Crippen molar-refractivity contribution in [2.75, 3.05) is 0 Å². The van der Waals surface area contributed by atoms with E-state index < -0.39 is 11.5 Å². The lowest BCUT2D eigenvalue weighted by molar-refractivity contribution is -0.148. The van der Waals surface area contributed by atoms with Gasteiger partial charge in [-0.3, -0.25) is 4.79 Å². The van der Waals surface area contributed by atoms with Gasteiger partial charge in [-0.05, 0) is 37.5 Å². The Balaban J connectivity index is 0.000000980. The van der Waals surface area contributed by atoms with Crippen LogP contribution < -0.4 is 5.73 Å². The Morgan fingerprint density at radius 2 is 1.64 bits per heavy atom. The summed E-state index contributed by atoms with van der Waals surface area (Å²) in [6.45, 7) is 0. The van der Waals surface area contributed by atoms with Gasteiger partial charge in [0.25, 0.3) is 0 Å². The molecule has 0 amide bonds. The van der Waals surface area contributed by atoms with Crippen LogP contribution >= 0.6 is 12.4 Å².